The van der Waals surface area contributed by atoms with Crippen LogP contribution in [-0.4, -0.2) is 193 Å². The highest BCUT2D eigenvalue weighted by atomic mass is 16.8. The summed E-state index contributed by atoms with van der Waals surface area (Å²) in [7, 11) is 0. The molecule has 3 saturated heterocycles. The fraction of sp³-hybridized carbons (Fsp3) is 0.922. The number of carbonyl (C=O) groups is 1. The number of hydrogen-bond donors (Lipinski definition) is 12. The topological polar surface area (TPSA) is 307 Å². The number of aliphatic hydroxyl groups is 11. The number of allylic oxidation sites excluding steroid dienone is 3. The number of nitrogens with one attached hydrogen (secondary N) is 1. The molecule has 3 aliphatic heterocycles. The van der Waals surface area contributed by atoms with E-state index in [0.29, 0.717) is 6.42 Å². The first kappa shape index (κ1) is 75.5. The second-order valence-corrected chi connectivity index (χ2v) is 23.9. The van der Waals surface area contributed by atoms with Gasteiger partial charge in [-0.2, -0.15) is 0 Å². The third kappa shape index (κ3) is 30.4. The molecule has 19 nitrogen and oxygen atoms in total. The number of unbranched alkanes of at least 4 members (excludes halogenated alkanes) is 32. The van der Waals surface area contributed by atoms with Gasteiger partial charge in [-0.25, -0.2) is 0 Å². The maximum Gasteiger partial charge on any atom is 0.220 e. The van der Waals surface area contributed by atoms with E-state index in [2.05, 4.69) is 31.3 Å². The molecule has 12 N–H and O–H groups in total. The zero-order chi connectivity index (χ0) is 60.5. The molecule has 3 rings (SSSR count). The molecule has 19 heteroatoms. The molecule has 0 radical (unpaired) electrons. The van der Waals surface area contributed by atoms with Gasteiger partial charge in [-0.05, 0) is 44.9 Å². The molecule has 488 valence electrons. The molecule has 0 aliphatic carbocycles. The quantitative estimate of drug-likeness (QED) is 0.0207. The first-order valence-corrected chi connectivity index (χ1v) is 33.1. The summed E-state index contributed by atoms with van der Waals surface area (Å²) in [6, 6.07) is -0.975. The van der Waals surface area contributed by atoms with Gasteiger partial charge in [0.15, 0.2) is 18.9 Å². The molecular weight excluding hydrogens is 1070 g/mol. The van der Waals surface area contributed by atoms with Crippen LogP contribution in [0.2, 0.25) is 0 Å². The number of carbonyl (C=O) groups excluding carboxylic acids is 1. The van der Waals surface area contributed by atoms with E-state index in [-0.39, 0.29) is 18.9 Å². The van der Waals surface area contributed by atoms with Gasteiger partial charge in [0.2, 0.25) is 5.91 Å². The molecule has 0 aromatic rings. The molecule has 0 aromatic carbocycles. The Hall–Kier alpha value is -1.73. The SMILES string of the molecule is CCCCC/C=C\CCCCCCCC(=O)NC(COC1OC(CO)C(OC2OC(CO)C(OC3OC(CO)C(O)C(O)C3O)C(O)C2O)C(O)C1O)C(O)/C=C/CCCCCCCCCCCCCCCCCCCCCCCCCC. The predicted molar refractivity (Wildman–Crippen MR) is 319 cm³/mol. The lowest BCUT2D eigenvalue weighted by Gasteiger charge is -2.48. The van der Waals surface area contributed by atoms with Gasteiger partial charge in [0.25, 0.3) is 0 Å². The normalized spacial score (nSPS) is 29.5. The highest BCUT2D eigenvalue weighted by Crippen LogP contribution is 2.33. The molecule has 0 bridgehead atoms. The first-order valence-electron chi connectivity index (χ1n) is 33.1. The minimum atomic E-state index is -1.98. The molecule has 0 spiro atoms. The van der Waals surface area contributed by atoms with Gasteiger partial charge in [-0.15, -0.1) is 0 Å². The highest BCUT2D eigenvalue weighted by Gasteiger charge is 2.53. The molecule has 83 heavy (non-hydrogen) atoms. The van der Waals surface area contributed by atoms with Crippen molar-refractivity contribution in [3.8, 4) is 0 Å². The van der Waals surface area contributed by atoms with E-state index < -0.39 is 124 Å². The molecule has 17 unspecified atom stereocenters. The summed E-state index contributed by atoms with van der Waals surface area (Å²) < 4.78 is 34.3. The van der Waals surface area contributed by atoms with Crippen LogP contribution in [0.25, 0.3) is 0 Å². The van der Waals surface area contributed by atoms with Crippen LogP contribution in [0.4, 0.5) is 0 Å². The third-order valence-electron chi connectivity index (χ3n) is 16.7. The van der Waals surface area contributed by atoms with E-state index >= 15 is 0 Å². The van der Waals surface area contributed by atoms with E-state index in [4.69, 9.17) is 28.4 Å². The minimum Gasteiger partial charge on any atom is -0.394 e. The average molecular weight is 1190 g/mol. The van der Waals surface area contributed by atoms with Crippen LogP contribution in [0.15, 0.2) is 24.3 Å². The van der Waals surface area contributed by atoms with Crippen LogP contribution >= 0.6 is 0 Å². The summed E-state index contributed by atoms with van der Waals surface area (Å²) in [6.45, 7) is 1.71. The summed E-state index contributed by atoms with van der Waals surface area (Å²) in [5.74, 6) is -0.284. The monoisotopic (exact) mass is 1190 g/mol. The molecule has 3 fully saturated rings. The Balaban J connectivity index is 1.43. The summed E-state index contributed by atoms with van der Waals surface area (Å²) in [4.78, 5) is 13.3. The lowest BCUT2D eigenvalue weighted by molar-refractivity contribution is -0.379. The Bertz CT molecular complexity index is 1610. The van der Waals surface area contributed by atoms with Gasteiger partial charge in [-0.1, -0.05) is 218 Å². The number of hydrogen-bond acceptors (Lipinski definition) is 18. The molecule has 0 saturated carbocycles. The van der Waals surface area contributed by atoms with E-state index in [1.807, 2.05) is 6.08 Å². The van der Waals surface area contributed by atoms with E-state index in [0.717, 1.165) is 64.2 Å². The van der Waals surface area contributed by atoms with E-state index in [1.165, 1.54) is 154 Å². The van der Waals surface area contributed by atoms with Crippen molar-refractivity contribution in [1.82, 2.24) is 5.32 Å². The average Bonchev–Trinajstić information content (AvgIpc) is 3.26. The van der Waals surface area contributed by atoms with Crippen molar-refractivity contribution in [2.24, 2.45) is 0 Å². The molecule has 17 atom stereocenters. The fourth-order valence-corrected chi connectivity index (χ4v) is 11.3. The number of amides is 1. The summed E-state index contributed by atoms with van der Waals surface area (Å²) >= 11 is 0. The van der Waals surface area contributed by atoms with Crippen LogP contribution in [0, 0.1) is 0 Å². The van der Waals surface area contributed by atoms with Crippen LogP contribution in [0.3, 0.4) is 0 Å². The number of rotatable bonds is 50. The maximum absolute atomic E-state index is 13.3. The van der Waals surface area contributed by atoms with Crippen LogP contribution in [0.1, 0.15) is 245 Å². The van der Waals surface area contributed by atoms with Crippen molar-refractivity contribution in [3.05, 3.63) is 24.3 Å². The zero-order valence-electron chi connectivity index (χ0n) is 51.2. The zero-order valence-corrected chi connectivity index (χ0v) is 51.2. The Morgan fingerprint density at radius 3 is 1.19 bits per heavy atom. The Morgan fingerprint density at radius 2 is 0.759 bits per heavy atom. The summed E-state index contributed by atoms with van der Waals surface area (Å²) in [5.41, 5.74) is 0. The largest absolute Gasteiger partial charge is 0.394 e. The Labute approximate surface area is 498 Å². The minimum absolute atomic E-state index is 0.234. The standard InChI is InChI=1S/C64H119NO18/c1-3-5-7-9-11-13-15-17-18-19-20-21-22-23-24-25-26-27-28-29-30-31-33-35-37-39-41-48(69)47(65-52(70)42-40-38-36-34-32-16-14-12-10-8-6-4-2)46-78-62-58(76)55(73)60(50(44-67)80-62)83-64-59(77)56(74)61(51(45-68)81-64)82-63-57(75)54(72)53(71)49(43-66)79-63/h12,14,39,41,47-51,53-64,66-69,71-77H,3-11,13,15-38,40,42-46H2,1-2H3,(H,65,70)/b14-12-,41-39+. The van der Waals surface area contributed by atoms with Crippen LogP contribution in [-0.2, 0) is 33.2 Å². The molecule has 3 heterocycles. The third-order valence-corrected chi connectivity index (χ3v) is 16.7. The Kier molecular flexibility index (Phi) is 43.0. The molecular formula is C64H119NO18. The number of ether oxygens (including phenoxy) is 6. The maximum atomic E-state index is 13.3. The van der Waals surface area contributed by atoms with Crippen molar-refractivity contribution in [2.45, 2.75) is 349 Å². The van der Waals surface area contributed by atoms with Crippen molar-refractivity contribution < 1.29 is 89.4 Å². The van der Waals surface area contributed by atoms with Gasteiger partial charge >= 0.3 is 0 Å². The lowest BCUT2D eigenvalue weighted by Crippen LogP contribution is -2.66. The van der Waals surface area contributed by atoms with E-state index in [1.54, 1.807) is 6.08 Å². The lowest BCUT2D eigenvalue weighted by atomic mass is 9.96. The Morgan fingerprint density at radius 1 is 0.422 bits per heavy atom. The van der Waals surface area contributed by atoms with Gasteiger partial charge in [0.1, 0.15) is 73.2 Å². The second-order valence-electron chi connectivity index (χ2n) is 23.9. The fourth-order valence-electron chi connectivity index (χ4n) is 11.3. The van der Waals surface area contributed by atoms with Crippen molar-refractivity contribution in [1.29, 1.82) is 0 Å². The van der Waals surface area contributed by atoms with Gasteiger partial charge in [-0.3, -0.25) is 4.79 Å². The van der Waals surface area contributed by atoms with Crippen molar-refractivity contribution in [2.75, 3.05) is 26.4 Å². The van der Waals surface area contributed by atoms with Crippen molar-refractivity contribution >= 4 is 5.91 Å². The summed E-state index contributed by atoms with van der Waals surface area (Å²) in [6.07, 6.45) is 24.6. The van der Waals surface area contributed by atoms with E-state index in [9.17, 15) is 61.0 Å². The smallest absolute Gasteiger partial charge is 0.220 e. The van der Waals surface area contributed by atoms with Gasteiger partial charge in [0, 0.05) is 6.42 Å². The predicted octanol–water partition coefficient (Wildman–Crippen LogP) is 7.49. The second kappa shape index (κ2) is 47.3. The van der Waals surface area contributed by atoms with Crippen LogP contribution < -0.4 is 5.32 Å². The molecule has 1 amide bonds. The first-order chi connectivity index (χ1) is 40.3. The molecule has 3 aliphatic rings. The highest BCUT2D eigenvalue weighted by molar-refractivity contribution is 5.76. The number of aliphatic hydroxyl groups excluding tert-OH is 11. The van der Waals surface area contributed by atoms with Crippen molar-refractivity contribution in [3.63, 3.8) is 0 Å². The van der Waals surface area contributed by atoms with Crippen LogP contribution in [0.5, 0.6) is 0 Å². The van der Waals surface area contributed by atoms with Gasteiger partial charge in [0.05, 0.1) is 38.6 Å². The molecule has 0 aromatic heterocycles. The van der Waals surface area contributed by atoms with Gasteiger partial charge < -0.3 is 89.9 Å². The summed E-state index contributed by atoms with van der Waals surface area (Å²) in [5, 5.41) is 120.